The van der Waals surface area contributed by atoms with Crippen molar-refractivity contribution < 1.29 is 4.79 Å². The van der Waals surface area contributed by atoms with Gasteiger partial charge >= 0.3 is 0 Å². The van der Waals surface area contributed by atoms with Crippen molar-refractivity contribution >= 4 is 44.3 Å². The van der Waals surface area contributed by atoms with E-state index < -0.39 is 0 Å². The maximum Gasteiger partial charge on any atom is 0.167 e. The monoisotopic (exact) mass is 406 g/mol. The second-order valence-electron chi connectivity index (χ2n) is 4.68. The van der Waals surface area contributed by atoms with Crippen molar-refractivity contribution in [1.82, 2.24) is 0 Å². The molecule has 17 heavy (non-hydrogen) atoms. The number of carbonyl (C=O) groups is 1. The summed E-state index contributed by atoms with van der Waals surface area (Å²) in [4.78, 5) is 12.5. The molecule has 0 N–H and O–H groups in total. The number of Topliss-reactive ketones (excluding diaryl/α,β-unsaturated/α-hetero) is 1. The van der Waals surface area contributed by atoms with E-state index in [1.54, 1.807) is 0 Å². The summed E-state index contributed by atoms with van der Waals surface area (Å²) in [6, 6.07) is 6.00. The van der Waals surface area contributed by atoms with Crippen LogP contribution in [-0.4, -0.2) is 5.78 Å². The van der Waals surface area contributed by atoms with Crippen molar-refractivity contribution in [2.24, 2.45) is 5.92 Å². The van der Waals surface area contributed by atoms with Crippen LogP contribution in [0.2, 0.25) is 0 Å². The van der Waals surface area contributed by atoms with E-state index in [0.717, 1.165) is 26.4 Å². The summed E-state index contributed by atoms with van der Waals surface area (Å²) >= 11 is 5.75. The Kier molecular flexibility index (Phi) is 5.03. The second kappa shape index (κ2) is 6.32. The minimum absolute atomic E-state index is 0.243. The van der Waals surface area contributed by atoms with Crippen molar-refractivity contribution in [2.45, 2.75) is 38.5 Å². The number of hydrogen-bond donors (Lipinski definition) is 0. The largest absolute Gasteiger partial charge is 0.294 e. The Hall–Kier alpha value is 0.1000. The van der Waals surface area contributed by atoms with Gasteiger partial charge in [-0.2, -0.15) is 0 Å². The van der Waals surface area contributed by atoms with Crippen LogP contribution in [-0.2, 0) is 0 Å². The molecule has 1 fully saturated rings. The number of hydrogen-bond acceptors (Lipinski definition) is 1. The highest BCUT2D eigenvalue weighted by atomic mass is 127. The Balaban J connectivity index is 2.20. The second-order valence-corrected chi connectivity index (χ2v) is 6.78. The fourth-order valence-corrected chi connectivity index (χ4v) is 3.38. The molecule has 2 rings (SSSR count). The molecule has 3 heteroatoms. The Labute approximate surface area is 125 Å². The molecule has 92 valence electrons. The molecular formula is C14H16BrIO. The first-order valence-corrected chi connectivity index (χ1v) is 8.05. The Morgan fingerprint density at radius 3 is 2.47 bits per heavy atom. The molecular weight excluding hydrogens is 391 g/mol. The van der Waals surface area contributed by atoms with Gasteiger partial charge in [0.1, 0.15) is 0 Å². The molecule has 0 aliphatic heterocycles. The molecule has 1 saturated carbocycles. The molecule has 0 amide bonds. The predicted octanol–water partition coefficient (Wildman–Crippen LogP) is 5.21. The quantitative estimate of drug-likeness (QED) is 0.374. The van der Waals surface area contributed by atoms with Gasteiger partial charge in [-0.3, -0.25) is 4.79 Å². The van der Waals surface area contributed by atoms with Crippen LogP contribution in [0.5, 0.6) is 0 Å². The Morgan fingerprint density at radius 1 is 1.18 bits per heavy atom. The third-order valence-electron chi connectivity index (χ3n) is 3.42. The summed E-state index contributed by atoms with van der Waals surface area (Å²) in [5.74, 6) is 0.573. The molecule has 0 heterocycles. The molecule has 0 aromatic heterocycles. The molecule has 0 bridgehead atoms. The Bertz CT molecular complexity index is 409. The van der Waals surface area contributed by atoms with E-state index in [2.05, 4.69) is 38.5 Å². The normalized spacial score (nSPS) is 17.8. The third kappa shape index (κ3) is 3.53. The lowest BCUT2D eigenvalue weighted by Gasteiger charge is -2.14. The summed E-state index contributed by atoms with van der Waals surface area (Å²) in [6.45, 7) is 0. The Morgan fingerprint density at radius 2 is 1.82 bits per heavy atom. The zero-order valence-electron chi connectivity index (χ0n) is 9.72. The number of benzene rings is 1. The topological polar surface area (TPSA) is 17.1 Å². The van der Waals surface area contributed by atoms with Crippen LogP contribution in [0.15, 0.2) is 22.7 Å². The summed E-state index contributed by atoms with van der Waals surface area (Å²) in [6.07, 6.45) is 7.12. The van der Waals surface area contributed by atoms with Crippen LogP contribution in [0, 0.1) is 9.49 Å². The lowest BCUT2D eigenvalue weighted by molar-refractivity contribution is 0.0907. The molecule has 1 aromatic rings. The lowest BCUT2D eigenvalue weighted by Crippen LogP contribution is -2.14. The van der Waals surface area contributed by atoms with Crippen LogP contribution in [0.25, 0.3) is 0 Å². The highest BCUT2D eigenvalue weighted by Crippen LogP contribution is 2.29. The predicted molar refractivity (Wildman–Crippen MR) is 82.4 cm³/mol. The molecule has 0 atom stereocenters. The van der Waals surface area contributed by atoms with Crippen molar-refractivity contribution in [1.29, 1.82) is 0 Å². The van der Waals surface area contributed by atoms with Crippen molar-refractivity contribution in [3.05, 3.63) is 31.8 Å². The maximum absolute atomic E-state index is 12.5. The molecule has 0 saturated heterocycles. The van der Waals surface area contributed by atoms with Crippen LogP contribution in [0.4, 0.5) is 0 Å². The number of carbonyl (C=O) groups excluding carboxylic acids is 1. The van der Waals surface area contributed by atoms with Crippen LogP contribution in [0.3, 0.4) is 0 Å². The molecule has 0 radical (unpaired) electrons. The van der Waals surface area contributed by atoms with Crippen LogP contribution in [0.1, 0.15) is 48.9 Å². The third-order valence-corrected chi connectivity index (χ3v) is 4.78. The van der Waals surface area contributed by atoms with E-state index in [1.807, 2.05) is 18.2 Å². The van der Waals surface area contributed by atoms with Gasteiger partial charge in [0.15, 0.2) is 5.78 Å². The average Bonchev–Trinajstić information content (AvgIpc) is 2.60. The minimum Gasteiger partial charge on any atom is -0.294 e. The summed E-state index contributed by atoms with van der Waals surface area (Å²) < 4.78 is 2.06. The molecule has 1 aliphatic carbocycles. The van der Waals surface area contributed by atoms with Crippen LogP contribution < -0.4 is 0 Å². The molecule has 1 nitrogen and oxygen atoms in total. The van der Waals surface area contributed by atoms with Crippen molar-refractivity contribution in [3.63, 3.8) is 0 Å². The van der Waals surface area contributed by atoms with Gasteiger partial charge in [-0.1, -0.05) is 41.6 Å². The van der Waals surface area contributed by atoms with E-state index in [9.17, 15) is 4.79 Å². The SMILES string of the molecule is O=C(c1cc(I)ccc1Br)C1CCCCCC1. The number of halogens is 2. The summed E-state index contributed by atoms with van der Waals surface area (Å²) in [5.41, 5.74) is 0.865. The first kappa shape index (κ1) is 13.5. The maximum atomic E-state index is 12.5. The molecule has 0 spiro atoms. The van der Waals surface area contributed by atoms with E-state index in [4.69, 9.17) is 0 Å². The van der Waals surface area contributed by atoms with Crippen LogP contribution >= 0.6 is 38.5 Å². The van der Waals surface area contributed by atoms with Crippen molar-refractivity contribution in [2.75, 3.05) is 0 Å². The first-order valence-electron chi connectivity index (χ1n) is 6.18. The van der Waals surface area contributed by atoms with E-state index >= 15 is 0 Å². The van der Waals surface area contributed by atoms with Gasteiger partial charge in [0, 0.05) is 19.5 Å². The number of rotatable bonds is 2. The van der Waals surface area contributed by atoms with Gasteiger partial charge in [0.2, 0.25) is 0 Å². The van der Waals surface area contributed by atoms with Crippen molar-refractivity contribution in [3.8, 4) is 0 Å². The van der Waals surface area contributed by atoms with Gasteiger partial charge in [0.25, 0.3) is 0 Å². The zero-order chi connectivity index (χ0) is 12.3. The van der Waals surface area contributed by atoms with Gasteiger partial charge in [-0.15, -0.1) is 0 Å². The fraction of sp³-hybridized carbons (Fsp3) is 0.500. The lowest BCUT2D eigenvalue weighted by atomic mass is 9.91. The molecule has 0 unspecified atom stereocenters. The highest BCUT2D eigenvalue weighted by Gasteiger charge is 2.22. The summed E-state index contributed by atoms with van der Waals surface area (Å²) in [7, 11) is 0. The number of ketones is 1. The minimum atomic E-state index is 0.243. The highest BCUT2D eigenvalue weighted by molar-refractivity contribution is 14.1. The summed E-state index contributed by atoms with van der Waals surface area (Å²) in [5, 5.41) is 0. The first-order chi connectivity index (χ1) is 8.18. The van der Waals surface area contributed by atoms with E-state index in [0.29, 0.717) is 5.78 Å². The smallest absolute Gasteiger partial charge is 0.167 e. The standard InChI is InChI=1S/C14H16BrIO/c15-13-8-7-11(16)9-12(13)14(17)10-5-3-1-2-4-6-10/h7-10H,1-6H2. The van der Waals surface area contributed by atoms with Gasteiger partial charge in [-0.05, 0) is 53.6 Å². The molecule has 1 aromatic carbocycles. The van der Waals surface area contributed by atoms with Gasteiger partial charge in [-0.25, -0.2) is 0 Å². The zero-order valence-corrected chi connectivity index (χ0v) is 13.5. The molecule has 1 aliphatic rings. The van der Waals surface area contributed by atoms with E-state index in [-0.39, 0.29) is 5.92 Å². The average molecular weight is 407 g/mol. The fourth-order valence-electron chi connectivity index (χ4n) is 2.45. The van der Waals surface area contributed by atoms with Gasteiger partial charge < -0.3 is 0 Å². The van der Waals surface area contributed by atoms with E-state index in [1.165, 1.54) is 25.7 Å². The van der Waals surface area contributed by atoms with Gasteiger partial charge in [0.05, 0.1) is 0 Å².